The Labute approximate surface area is 130 Å². The summed E-state index contributed by atoms with van der Waals surface area (Å²) in [6, 6.07) is 9.32. The van der Waals surface area contributed by atoms with Crippen LogP contribution in [0, 0.1) is 12.8 Å². The van der Waals surface area contributed by atoms with Crippen molar-refractivity contribution in [1.29, 1.82) is 0 Å². The molecular weight excluding hydrogens is 288 g/mol. The number of hydrogen-bond donors (Lipinski definition) is 2. The summed E-state index contributed by atoms with van der Waals surface area (Å²) in [4.78, 5) is 12.3. The van der Waals surface area contributed by atoms with E-state index in [1.165, 1.54) is 0 Å². The number of halogens is 1. The molecule has 6 heteroatoms. The van der Waals surface area contributed by atoms with E-state index < -0.39 is 0 Å². The van der Waals surface area contributed by atoms with Gasteiger partial charge in [0.15, 0.2) is 0 Å². The van der Waals surface area contributed by atoms with Crippen molar-refractivity contribution >= 4 is 24.0 Å². The Morgan fingerprint density at radius 1 is 1.33 bits per heavy atom. The highest BCUT2D eigenvalue weighted by Gasteiger charge is 2.23. The summed E-state index contributed by atoms with van der Waals surface area (Å²) < 4.78 is 1.72. The van der Waals surface area contributed by atoms with Crippen LogP contribution in [0.1, 0.15) is 24.2 Å². The van der Waals surface area contributed by atoms with E-state index in [0.29, 0.717) is 0 Å². The van der Waals surface area contributed by atoms with E-state index in [4.69, 9.17) is 5.73 Å². The average molecular weight is 309 g/mol. The minimum Gasteiger partial charge on any atom is -0.323 e. The van der Waals surface area contributed by atoms with Crippen LogP contribution in [0.25, 0.3) is 0 Å². The number of rotatable bonds is 4. The van der Waals surface area contributed by atoms with Gasteiger partial charge in [-0.25, -0.2) is 0 Å². The van der Waals surface area contributed by atoms with Crippen molar-refractivity contribution in [3.05, 3.63) is 47.8 Å². The first-order chi connectivity index (χ1) is 9.50. The SMILES string of the molecule is Cc1c(NC(=O)C(C)C(N)c2ccccc2)cnn1C.Cl. The molecule has 0 aliphatic carbocycles. The number of carbonyl (C=O) groups is 1. The van der Waals surface area contributed by atoms with Crippen LogP contribution >= 0.6 is 12.4 Å². The van der Waals surface area contributed by atoms with Crippen molar-refractivity contribution < 1.29 is 4.79 Å². The van der Waals surface area contributed by atoms with Crippen LogP contribution in [0.3, 0.4) is 0 Å². The fourth-order valence-electron chi connectivity index (χ4n) is 1.99. The summed E-state index contributed by atoms with van der Waals surface area (Å²) in [5.74, 6) is -0.422. The van der Waals surface area contributed by atoms with Crippen LogP contribution in [0.5, 0.6) is 0 Å². The molecule has 1 heterocycles. The zero-order valence-corrected chi connectivity index (χ0v) is 13.2. The van der Waals surface area contributed by atoms with Gasteiger partial charge < -0.3 is 11.1 Å². The molecule has 1 aromatic heterocycles. The van der Waals surface area contributed by atoms with Gasteiger partial charge in [-0.05, 0) is 12.5 Å². The molecule has 0 spiro atoms. The second kappa shape index (κ2) is 7.24. The number of aryl methyl sites for hydroxylation is 1. The monoisotopic (exact) mass is 308 g/mol. The smallest absolute Gasteiger partial charge is 0.229 e. The number of nitrogens with zero attached hydrogens (tertiary/aromatic N) is 2. The molecule has 2 aromatic rings. The first-order valence-corrected chi connectivity index (χ1v) is 6.60. The molecule has 0 saturated carbocycles. The molecule has 1 amide bonds. The zero-order valence-electron chi connectivity index (χ0n) is 12.4. The van der Waals surface area contributed by atoms with E-state index in [0.717, 1.165) is 16.9 Å². The zero-order chi connectivity index (χ0) is 14.7. The summed E-state index contributed by atoms with van der Waals surface area (Å²) in [5.41, 5.74) is 8.75. The molecule has 21 heavy (non-hydrogen) atoms. The van der Waals surface area contributed by atoms with Gasteiger partial charge in [-0.15, -0.1) is 12.4 Å². The van der Waals surface area contributed by atoms with Crippen LogP contribution in [0.4, 0.5) is 5.69 Å². The van der Waals surface area contributed by atoms with Crippen molar-refractivity contribution in [3.63, 3.8) is 0 Å². The van der Waals surface area contributed by atoms with Gasteiger partial charge in [0.1, 0.15) is 0 Å². The van der Waals surface area contributed by atoms with Gasteiger partial charge in [-0.3, -0.25) is 9.48 Å². The predicted molar refractivity (Wildman–Crippen MR) is 86.4 cm³/mol. The second-order valence-electron chi connectivity index (χ2n) is 4.98. The van der Waals surface area contributed by atoms with Crippen molar-refractivity contribution in [2.45, 2.75) is 19.9 Å². The Kier molecular flexibility index (Phi) is 5.93. The molecule has 0 fully saturated rings. The first kappa shape index (κ1) is 17.2. The molecule has 3 N–H and O–H groups in total. The van der Waals surface area contributed by atoms with Gasteiger partial charge in [0.05, 0.1) is 23.5 Å². The number of benzene rings is 1. The largest absolute Gasteiger partial charge is 0.323 e. The van der Waals surface area contributed by atoms with Crippen molar-refractivity contribution in [2.75, 3.05) is 5.32 Å². The fourth-order valence-corrected chi connectivity index (χ4v) is 1.99. The van der Waals surface area contributed by atoms with E-state index in [9.17, 15) is 4.79 Å². The lowest BCUT2D eigenvalue weighted by Gasteiger charge is -2.19. The number of carbonyl (C=O) groups excluding carboxylic acids is 1. The van der Waals surface area contributed by atoms with E-state index in [2.05, 4.69) is 10.4 Å². The molecule has 0 aliphatic heterocycles. The molecule has 0 bridgehead atoms. The molecule has 0 saturated heterocycles. The lowest BCUT2D eigenvalue weighted by Crippen LogP contribution is -2.30. The lowest BCUT2D eigenvalue weighted by atomic mass is 9.94. The van der Waals surface area contributed by atoms with Crippen molar-refractivity contribution in [1.82, 2.24) is 9.78 Å². The van der Waals surface area contributed by atoms with Gasteiger partial charge >= 0.3 is 0 Å². The highest BCUT2D eigenvalue weighted by molar-refractivity contribution is 5.93. The molecule has 0 radical (unpaired) electrons. The number of nitrogens with one attached hydrogen (secondary N) is 1. The van der Waals surface area contributed by atoms with Gasteiger partial charge in [0, 0.05) is 13.1 Å². The average Bonchev–Trinajstić information content (AvgIpc) is 2.78. The van der Waals surface area contributed by atoms with Gasteiger partial charge in [-0.2, -0.15) is 5.10 Å². The standard InChI is InChI=1S/C15H20N4O.ClH/c1-10(14(16)12-7-5-4-6-8-12)15(20)18-13-9-17-19(3)11(13)2;/h4-10,14H,16H2,1-3H3,(H,18,20);1H. The first-order valence-electron chi connectivity index (χ1n) is 6.60. The maximum atomic E-state index is 12.3. The van der Waals surface area contributed by atoms with Crippen molar-refractivity contribution in [3.8, 4) is 0 Å². The summed E-state index contributed by atoms with van der Waals surface area (Å²) in [6.07, 6.45) is 1.65. The minimum atomic E-state index is -0.326. The molecule has 0 aliphatic rings. The third kappa shape index (κ3) is 3.83. The Morgan fingerprint density at radius 2 is 1.95 bits per heavy atom. The Hall–Kier alpha value is -1.85. The third-order valence-corrected chi connectivity index (χ3v) is 3.63. The van der Waals surface area contributed by atoms with Gasteiger partial charge in [-0.1, -0.05) is 37.3 Å². The fraction of sp³-hybridized carbons (Fsp3) is 0.333. The Morgan fingerprint density at radius 3 is 2.48 bits per heavy atom. The maximum Gasteiger partial charge on any atom is 0.229 e. The molecule has 2 rings (SSSR count). The Balaban J connectivity index is 0.00000220. The van der Waals surface area contributed by atoms with Crippen LogP contribution in [-0.4, -0.2) is 15.7 Å². The topological polar surface area (TPSA) is 72.9 Å². The molecule has 1 aromatic carbocycles. The minimum absolute atomic E-state index is 0. The number of nitrogens with two attached hydrogens (primary N) is 1. The molecule has 5 nitrogen and oxygen atoms in total. The third-order valence-electron chi connectivity index (χ3n) is 3.63. The Bertz CT molecular complexity index is 597. The van der Waals surface area contributed by atoms with Crippen LogP contribution in [0.15, 0.2) is 36.5 Å². The summed E-state index contributed by atoms with van der Waals surface area (Å²) >= 11 is 0. The number of hydrogen-bond acceptors (Lipinski definition) is 3. The maximum absolute atomic E-state index is 12.3. The van der Waals surface area contributed by atoms with E-state index in [1.807, 2.05) is 51.2 Å². The van der Waals surface area contributed by atoms with Crippen LogP contribution in [-0.2, 0) is 11.8 Å². The van der Waals surface area contributed by atoms with Gasteiger partial charge in [0.2, 0.25) is 5.91 Å². The van der Waals surface area contributed by atoms with Crippen LogP contribution < -0.4 is 11.1 Å². The highest BCUT2D eigenvalue weighted by Crippen LogP contribution is 2.21. The normalized spacial score (nSPS) is 13.1. The summed E-state index contributed by atoms with van der Waals surface area (Å²) in [5, 5.41) is 6.98. The summed E-state index contributed by atoms with van der Waals surface area (Å²) in [7, 11) is 1.84. The number of anilines is 1. The molecule has 114 valence electrons. The molecule has 2 atom stereocenters. The predicted octanol–water partition coefficient (Wildman–Crippen LogP) is 2.42. The summed E-state index contributed by atoms with van der Waals surface area (Å²) in [6.45, 7) is 3.74. The quantitative estimate of drug-likeness (QED) is 0.911. The van der Waals surface area contributed by atoms with E-state index >= 15 is 0 Å². The highest BCUT2D eigenvalue weighted by atomic mass is 35.5. The van der Waals surface area contributed by atoms with Crippen LogP contribution in [0.2, 0.25) is 0 Å². The lowest BCUT2D eigenvalue weighted by molar-refractivity contribution is -0.120. The van der Waals surface area contributed by atoms with E-state index in [1.54, 1.807) is 10.9 Å². The molecular formula is C15H21ClN4O. The molecule has 2 unspecified atom stereocenters. The van der Waals surface area contributed by atoms with Gasteiger partial charge in [0.25, 0.3) is 0 Å². The van der Waals surface area contributed by atoms with Crippen molar-refractivity contribution in [2.24, 2.45) is 18.7 Å². The van der Waals surface area contributed by atoms with E-state index in [-0.39, 0.29) is 30.3 Å². The second-order valence-corrected chi connectivity index (χ2v) is 4.98. The number of aromatic nitrogens is 2. The number of amides is 1.